The number of nitrogens with zero attached hydrogens (tertiary/aromatic N) is 3. The normalized spacial score (nSPS) is 15.4. The Kier molecular flexibility index (Phi) is 6.73. The highest BCUT2D eigenvalue weighted by Gasteiger charge is 2.22. The Morgan fingerprint density at radius 2 is 2.06 bits per heavy atom. The second-order valence-electron chi connectivity index (χ2n) is 8.29. The van der Waals surface area contributed by atoms with E-state index in [0.717, 1.165) is 37.5 Å². The van der Waals surface area contributed by atoms with Gasteiger partial charge in [0.1, 0.15) is 10.8 Å². The molecule has 31 heavy (non-hydrogen) atoms. The molecular weight excluding hydrogens is 411 g/mol. The van der Waals surface area contributed by atoms with E-state index < -0.39 is 0 Å². The summed E-state index contributed by atoms with van der Waals surface area (Å²) in [5.74, 6) is 0.0456. The highest BCUT2D eigenvalue weighted by Crippen LogP contribution is 2.21. The molecule has 3 heterocycles. The van der Waals surface area contributed by atoms with Gasteiger partial charge in [-0.1, -0.05) is 26.0 Å². The van der Waals surface area contributed by atoms with Crippen LogP contribution in [0, 0.1) is 5.82 Å². The minimum Gasteiger partial charge on any atom is -0.349 e. The Morgan fingerprint density at radius 3 is 2.71 bits per heavy atom. The first-order chi connectivity index (χ1) is 15.0. The zero-order valence-corrected chi connectivity index (χ0v) is 18.7. The predicted molar refractivity (Wildman–Crippen MR) is 122 cm³/mol. The number of amides is 1. The highest BCUT2D eigenvalue weighted by molar-refractivity contribution is 7.09. The first-order valence-electron chi connectivity index (χ1n) is 10.7. The minimum atomic E-state index is -0.303. The molecule has 3 aromatic rings. The van der Waals surface area contributed by atoms with Gasteiger partial charge >= 0.3 is 0 Å². The fourth-order valence-electron chi connectivity index (χ4n) is 3.71. The van der Waals surface area contributed by atoms with Crippen molar-refractivity contribution in [2.75, 3.05) is 13.1 Å². The van der Waals surface area contributed by atoms with Crippen molar-refractivity contribution >= 4 is 17.2 Å². The summed E-state index contributed by atoms with van der Waals surface area (Å²) in [7, 11) is 0. The van der Waals surface area contributed by atoms with E-state index in [-0.39, 0.29) is 17.8 Å². The molecule has 1 fully saturated rings. The molecule has 0 atom stereocenters. The molecule has 5 nitrogen and oxygen atoms in total. The summed E-state index contributed by atoms with van der Waals surface area (Å²) in [6.07, 6.45) is 3.39. The first kappa shape index (κ1) is 21.6. The van der Waals surface area contributed by atoms with Crippen molar-refractivity contribution in [3.05, 3.63) is 70.1 Å². The fraction of sp³-hybridized carbons (Fsp3) is 0.375. The molecule has 0 spiro atoms. The van der Waals surface area contributed by atoms with Gasteiger partial charge < -0.3 is 5.32 Å². The molecule has 1 aromatic carbocycles. The Morgan fingerprint density at radius 1 is 1.26 bits per heavy atom. The van der Waals surface area contributed by atoms with Gasteiger partial charge in [-0.2, -0.15) is 0 Å². The first-order valence-corrected chi connectivity index (χ1v) is 11.6. The number of carbonyl (C=O) groups is 1. The van der Waals surface area contributed by atoms with Crippen molar-refractivity contribution in [1.82, 2.24) is 20.2 Å². The number of hydrogen-bond acceptors (Lipinski definition) is 5. The van der Waals surface area contributed by atoms with E-state index in [1.807, 2.05) is 0 Å². The molecule has 7 heteroatoms. The number of pyridine rings is 1. The van der Waals surface area contributed by atoms with E-state index >= 15 is 0 Å². The topological polar surface area (TPSA) is 58.1 Å². The quantitative estimate of drug-likeness (QED) is 0.597. The third-order valence-corrected chi connectivity index (χ3v) is 6.44. The van der Waals surface area contributed by atoms with Crippen LogP contribution >= 0.6 is 11.3 Å². The number of benzene rings is 1. The van der Waals surface area contributed by atoms with Crippen LogP contribution in [0.3, 0.4) is 0 Å². The SMILES string of the molecule is CC(C)c1csc(CN2CCC(NC(=O)c3ccc(-c4cccc(F)c4)nc3)CC2)n1. The largest absolute Gasteiger partial charge is 0.349 e. The third-order valence-electron chi connectivity index (χ3n) is 5.59. The summed E-state index contributed by atoms with van der Waals surface area (Å²) < 4.78 is 13.4. The summed E-state index contributed by atoms with van der Waals surface area (Å²) in [5, 5.41) is 6.44. The monoisotopic (exact) mass is 438 g/mol. The van der Waals surface area contributed by atoms with Crippen molar-refractivity contribution < 1.29 is 9.18 Å². The van der Waals surface area contributed by atoms with Crippen molar-refractivity contribution in [2.45, 2.75) is 45.2 Å². The second kappa shape index (κ2) is 9.66. The van der Waals surface area contributed by atoms with E-state index in [2.05, 4.69) is 34.4 Å². The lowest BCUT2D eigenvalue weighted by Crippen LogP contribution is -2.44. The smallest absolute Gasteiger partial charge is 0.253 e. The molecule has 1 aliphatic rings. The van der Waals surface area contributed by atoms with Gasteiger partial charge in [-0.25, -0.2) is 9.37 Å². The third kappa shape index (κ3) is 5.54. The van der Waals surface area contributed by atoms with Crippen LogP contribution in [0.1, 0.15) is 53.7 Å². The van der Waals surface area contributed by atoms with Gasteiger partial charge in [-0.3, -0.25) is 14.7 Å². The van der Waals surface area contributed by atoms with Crippen molar-refractivity contribution in [3.8, 4) is 11.3 Å². The summed E-state index contributed by atoms with van der Waals surface area (Å²) >= 11 is 1.73. The van der Waals surface area contributed by atoms with E-state index in [4.69, 9.17) is 4.98 Å². The van der Waals surface area contributed by atoms with Crippen LogP contribution in [0.15, 0.2) is 48.0 Å². The zero-order valence-electron chi connectivity index (χ0n) is 17.8. The maximum atomic E-state index is 13.4. The van der Waals surface area contributed by atoms with Crippen molar-refractivity contribution in [2.24, 2.45) is 0 Å². The van der Waals surface area contributed by atoms with E-state index in [0.29, 0.717) is 22.7 Å². The molecule has 1 saturated heterocycles. The number of thiazole rings is 1. The number of rotatable bonds is 6. The highest BCUT2D eigenvalue weighted by atomic mass is 32.1. The van der Waals surface area contributed by atoms with Crippen LogP contribution in [0.5, 0.6) is 0 Å². The van der Waals surface area contributed by atoms with Crippen LogP contribution in [0.4, 0.5) is 4.39 Å². The van der Waals surface area contributed by atoms with E-state index in [1.54, 1.807) is 41.8 Å². The zero-order chi connectivity index (χ0) is 21.8. The van der Waals surface area contributed by atoms with Crippen LogP contribution in [0.25, 0.3) is 11.3 Å². The lowest BCUT2D eigenvalue weighted by atomic mass is 10.0. The number of likely N-dealkylation sites (tertiary alicyclic amines) is 1. The maximum absolute atomic E-state index is 13.4. The summed E-state index contributed by atoms with van der Waals surface area (Å²) in [6, 6.07) is 9.94. The van der Waals surface area contributed by atoms with Crippen molar-refractivity contribution in [3.63, 3.8) is 0 Å². The Labute approximate surface area is 186 Å². The molecule has 0 saturated carbocycles. The number of carbonyl (C=O) groups excluding carboxylic acids is 1. The minimum absolute atomic E-state index is 0.113. The standard InChI is InChI=1S/C24H27FN4OS/c1-16(2)22-15-31-23(28-22)14-29-10-8-20(9-11-29)27-24(30)18-6-7-21(26-13-18)17-4-3-5-19(25)12-17/h3-7,12-13,15-16,20H,8-11,14H2,1-2H3,(H,27,30). The molecule has 4 rings (SSSR count). The molecular formula is C24H27FN4OS. The number of aromatic nitrogens is 2. The molecule has 1 N–H and O–H groups in total. The molecule has 0 unspecified atom stereocenters. The van der Waals surface area contributed by atoms with Crippen LogP contribution in [0.2, 0.25) is 0 Å². The van der Waals surface area contributed by atoms with E-state index in [9.17, 15) is 9.18 Å². The second-order valence-corrected chi connectivity index (χ2v) is 9.23. The van der Waals surface area contributed by atoms with Gasteiger partial charge in [-0.15, -0.1) is 11.3 Å². The van der Waals surface area contributed by atoms with Gasteiger partial charge in [0.2, 0.25) is 0 Å². The molecule has 1 amide bonds. The number of halogens is 1. The average molecular weight is 439 g/mol. The van der Waals surface area contributed by atoms with Gasteiger partial charge in [-0.05, 0) is 43.0 Å². The molecule has 0 aliphatic carbocycles. The number of nitrogens with one attached hydrogen (secondary N) is 1. The van der Waals surface area contributed by atoms with Gasteiger partial charge in [0, 0.05) is 36.3 Å². The molecule has 0 radical (unpaired) electrons. The van der Waals surface area contributed by atoms with Gasteiger partial charge in [0.15, 0.2) is 0 Å². The van der Waals surface area contributed by atoms with Crippen LogP contribution in [-0.2, 0) is 6.54 Å². The van der Waals surface area contributed by atoms with E-state index in [1.165, 1.54) is 17.8 Å². The number of piperidine rings is 1. The number of hydrogen-bond donors (Lipinski definition) is 1. The molecule has 1 aliphatic heterocycles. The Hall–Kier alpha value is -2.64. The maximum Gasteiger partial charge on any atom is 0.253 e. The van der Waals surface area contributed by atoms with Gasteiger partial charge in [0.05, 0.1) is 23.5 Å². The average Bonchev–Trinajstić information content (AvgIpc) is 3.24. The summed E-state index contributed by atoms with van der Waals surface area (Å²) in [4.78, 5) is 24.1. The van der Waals surface area contributed by atoms with Gasteiger partial charge in [0.25, 0.3) is 5.91 Å². The Balaban J connectivity index is 1.27. The Bertz CT molecular complexity index is 1030. The molecule has 162 valence electrons. The summed E-state index contributed by atoms with van der Waals surface area (Å²) in [6.45, 7) is 7.09. The fourth-order valence-corrected chi connectivity index (χ4v) is 4.70. The van der Waals surface area contributed by atoms with Crippen molar-refractivity contribution in [1.29, 1.82) is 0 Å². The molecule has 2 aromatic heterocycles. The molecule has 0 bridgehead atoms. The predicted octanol–water partition coefficient (Wildman–Crippen LogP) is 4.86. The van der Waals surface area contributed by atoms with Crippen LogP contribution in [-0.4, -0.2) is 39.9 Å². The van der Waals surface area contributed by atoms with Crippen LogP contribution < -0.4 is 5.32 Å². The lowest BCUT2D eigenvalue weighted by molar-refractivity contribution is 0.0908. The lowest BCUT2D eigenvalue weighted by Gasteiger charge is -2.31. The summed E-state index contributed by atoms with van der Waals surface area (Å²) in [5.41, 5.74) is 3.03.